The minimum Gasteiger partial charge on any atom is -0.497 e. The van der Waals surface area contributed by atoms with Crippen LogP contribution in [0.25, 0.3) is 5.82 Å². The van der Waals surface area contributed by atoms with Gasteiger partial charge in [0.1, 0.15) is 35.8 Å². The van der Waals surface area contributed by atoms with E-state index in [9.17, 15) is 4.79 Å². The number of urea groups is 1. The molecule has 1 fully saturated rings. The highest BCUT2D eigenvalue weighted by molar-refractivity contribution is 5.90. The fraction of sp³-hybridized carbons (Fsp3) is 0.300. The largest absolute Gasteiger partial charge is 0.497 e. The Balaban J connectivity index is 1.38. The van der Waals surface area contributed by atoms with Crippen LogP contribution in [0.4, 0.5) is 16.3 Å². The first-order chi connectivity index (χ1) is 14.7. The second-order valence-electron chi connectivity index (χ2n) is 6.71. The van der Waals surface area contributed by atoms with Crippen molar-refractivity contribution in [1.29, 1.82) is 0 Å². The Morgan fingerprint density at radius 3 is 2.30 bits per heavy atom. The number of rotatable bonds is 5. The summed E-state index contributed by atoms with van der Waals surface area (Å²) < 4.78 is 12.3. The molecule has 1 saturated heterocycles. The molecule has 2 aromatic heterocycles. The maximum absolute atomic E-state index is 12.7. The average Bonchev–Trinajstić information content (AvgIpc) is 3.34. The summed E-state index contributed by atoms with van der Waals surface area (Å²) in [6.45, 7) is 2.51. The van der Waals surface area contributed by atoms with Gasteiger partial charge in [0, 0.05) is 68.5 Å². The van der Waals surface area contributed by atoms with Gasteiger partial charge in [-0.25, -0.2) is 19.7 Å². The number of hydrogen-bond donors (Lipinski definition) is 1. The number of nitrogens with one attached hydrogen (secondary N) is 1. The third kappa shape index (κ3) is 4.27. The minimum atomic E-state index is -0.160. The van der Waals surface area contributed by atoms with Crippen molar-refractivity contribution in [3.8, 4) is 17.3 Å². The minimum absolute atomic E-state index is 0.160. The molecular formula is C20H23N7O3. The van der Waals surface area contributed by atoms with Crippen LogP contribution in [0.1, 0.15) is 0 Å². The van der Waals surface area contributed by atoms with Crippen LogP contribution in [0.15, 0.2) is 49.3 Å². The van der Waals surface area contributed by atoms with Gasteiger partial charge < -0.3 is 24.6 Å². The summed E-state index contributed by atoms with van der Waals surface area (Å²) in [6, 6.07) is 7.03. The van der Waals surface area contributed by atoms with E-state index in [1.54, 1.807) is 56.2 Å². The van der Waals surface area contributed by atoms with Gasteiger partial charge in [0.05, 0.1) is 14.2 Å². The van der Waals surface area contributed by atoms with Crippen molar-refractivity contribution in [2.45, 2.75) is 0 Å². The maximum Gasteiger partial charge on any atom is 0.321 e. The van der Waals surface area contributed by atoms with E-state index >= 15 is 0 Å². The smallest absolute Gasteiger partial charge is 0.321 e. The van der Waals surface area contributed by atoms with E-state index in [0.717, 1.165) is 11.6 Å². The van der Waals surface area contributed by atoms with Crippen molar-refractivity contribution in [2.75, 3.05) is 50.6 Å². The summed E-state index contributed by atoms with van der Waals surface area (Å²) in [4.78, 5) is 29.3. The van der Waals surface area contributed by atoms with Gasteiger partial charge in [0.25, 0.3) is 0 Å². The van der Waals surface area contributed by atoms with Crippen LogP contribution in [0, 0.1) is 0 Å². The Hall–Kier alpha value is -3.82. The summed E-state index contributed by atoms with van der Waals surface area (Å²) in [5, 5.41) is 2.92. The van der Waals surface area contributed by atoms with E-state index in [-0.39, 0.29) is 6.03 Å². The van der Waals surface area contributed by atoms with Gasteiger partial charge in [0.2, 0.25) is 0 Å². The van der Waals surface area contributed by atoms with E-state index < -0.39 is 0 Å². The molecule has 3 heterocycles. The quantitative estimate of drug-likeness (QED) is 0.689. The van der Waals surface area contributed by atoms with Gasteiger partial charge >= 0.3 is 6.03 Å². The predicted molar refractivity (Wildman–Crippen MR) is 112 cm³/mol. The highest BCUT2D eigenvalue weighted by atomic mass is 16.5. The number of benzene rings is 1. The molecule has 4 rings (SSSR count). The molecule has 0 saturated carbocycles. The first-order valence-corrected chi connectivity index (χ1v) is 9.50. The van der Waals surface area contributed by atoms with E-state index in [0.29, 0.717) is 43.4 Å². The summed E-state index contributed by atoms with van der Waals surface area (Å²) in [5.74, 6) is 2.81. The number of methoxy groups -OCH3 is 2. The summed E-state index contributed by atoms with van der Waals surface area (Å²) in [5.41, 5.74) is 0.624. The van der Waals surface area contributed by atoms with Gasteiger partial charge in [-0.2, -0.15) is 0 Å². The Morgan fingerprint density at radius 1 is 0.967 bits per heavy atom. The fourth-order valence-corrected chi connectivity index (χ4v) is 3.27. The number of piperazine rings is 1. The Bertz CT molecular complexity index is 979. The van der Waals surface area contributed by atoms with Crippen LogP contribution in [0.2, 0.25) is 0 Å². The van der Waals surface area contributed by atoms with Crippen molar-refractivity contribution in [2.24, 2.45) is 0 Å². The lowest BCUT2D eigenvalue weighted by Crippen LogP contribution is -2.50. The summed E-state index contributed by atoms with van der Waals surface area (Å²) in [6.07, 6.45) is 6.78. The Morgan fingerprint density at radius 2 is 1.67 bits per heavy atom. The monoisotopic (exact) mass is 409 g/mol. The standard InChI is InChI=1S/C20H23N7O3/c1-29-16-9-15(10-17(11-16)30-2)24-20(28)26-7-5-25(6-8-26)18-12-19(23-13-22-18)27-4-3-21-14-27/h3-4,9-14H,5-8H2,1-2H3,(H,24,28). The number of amides is 2. The molecule has 0 atom stereocenters. The maximum atomic E-state index is 12.7. The van der Waals surface area contributed by atoms with Gasteiger partial charge in [-0.15, -0.1) is 0 Å². The molecular weight excluding hydrogens is 386 g/mol. The number of aromatic nitrogens is 4. The lowest BCUT2D eigenvalue weighted by atomic mass is 10.2. The van der Waals surface area contributed by atoms with Crippen LogP contribution in [-0.2, 0) is 0 Å². The molecule has 3 aromatic rings. The molecule has 10 nitrogen and oxygen atoms in total. The van der Waals surface area contributed by atoms with Crippen molar-refractivity contribution >= 4 is 17.5 Å². The molecule has 30 heavy (non-hydrogen) atoms. The van der Waals surface area contributed by atoms with Crippen molar-refractivity contribution in [3.05, 3.63) is 49.3 Å². The summed E-state index contributed by atoms with van der Waals surface area (Å²) >= 11 is 0. The molecule has 1 N–H and O–H groups in total. The predicted octanol–water partition coefficient (Wildman–Crippen LogP) is 2.03. The molecule has 0 unspecified atom stereocenters. The first-order valence-electron chi connectivity index (χ1n) is 9.50. The molecule has 0 radical (unpaired) electrons. The normalized spacial score (nSPS) is 13.8. The van der Waals surface area contributed by atoms with Gasteiger partial charge in [0.15, 0.2) is 0 Å². The third-order valence-electron chi connectivity index (χ3n) is 4.90. The van der Waals surface area contributed by atoms with Crippen LogP contribution in [0.3, 0.4) is 0 Å². The first kappa shape index (κ1) is 19.5. The van der Waals surface area contributed by atoms with Crippen LogP contribution in [-0.4, -0.2) is 70.8 Å². The molecule has 1 aliphatic heterocycles. The lowest BCUT2D eigenvalue weighted by molar-refractivity contribution is 0.208. The number of anilines is 2. The highest BCUT2D eigenvalue weighted by Gasteiger charge is 2.22. The third-order valence-corrected chi connectivity index (χ3v) is 4.90. The SMILES string of the molecule is COc1cc(NC(=O)N2CCN(c3cc(-n4ccnc4)ncn3)CC2)cc(OC)c1. The fourth-order valence-electron chi connectivity index (χ4n) is 3.27. The lowest BCUT2D eigenvalue weighted by Gasteiger charge is -2.35. The number of carbonyl (C=O) groups is 1. The van der Waals surface area contributed by atoms with Crippen molar-refractivity contribution in [1.82, 2.24) is 24.4 Å². The molecule has 0 spiro atoms. The number of imidazole rings is 1. The van der Waals surface area contributed by atoms with Gasteiger partial charge in [-0.3, -0.25) is 4.57 Å². The van der Waals surface area contributed by atoms with Gasteiger partial charge in [-0.1, -0.05) is 0 Å². The second-order valence-corrected chi connectivity index (χ2v) is 6.71. The second kappa shape index (κ2) is 8.68. The zero-order valence-corrected chi connectivity index (χ0v) is 16.9. The van der Waals surface area contributed by atoms with Crippen LogP contribution in [0.5, 0.6) is 11.5 Å². The highest BCUT2D eigenvalue weighted by Crippen LogP contribution is 2.26. The summed E-state index contributed by atoms with van der Waals surface area (Å²) in [7, 11) is 3.15. The van der Waals surface area contributed by atoms with E-state index in [1.807, 2.05) is 16.8 Å². The Kier molecular flexibility index (Phi) is 5.64. The molecule has 1 aromatic carbocycles. The zero-order valence-electron chi connectivity index (χ0n) is 16.9. The molecule has 0 bridgehead atoms. The number of hydrogen-bond acceptors (Lipinski definition) is 7. The Labute approximate surface area is 174 Å². The topological polar surface area (TPSA) is 97.6 Å². The molecule has 1 aliphatic rings. The molecule has 0 aliphatic carbocycles. The van der Waals surface area contributed by atoms with Crippen molar-refractivity contribution < 1.29 is 14.3 Å². The number of nitrogens with zero attached hydrogens (tertiary/aromatic N) is 6. The van der Waals surface area contributed by atoms with Crippen molar-refractivity contribution in [3.63, 3.8) is 0 Å². The van der Waals surface area contributed by atoms with Crippen LogP contribution < -0.4 is 19.7 Å². The molecule has 156 valence electrons. The average molecular weight is 409 g/mol. The number of ether oxygens (including phenoxy) is 2. The zero-order chi connectivity index (χ0) is 20.9. The molecule has 10 heteroatoms. The molecule has 2 amide bonds. The van der Waals surface area contributed by atoms with Crippen LogP contribution >= 0.6 is 0 Å². The van der Waals surface area contributed by atoms with E-state index in [1.165, 1.54) is 0 Å². The van der Waals surface area contributed by atoms with E-state index in [2.05, 4.69) is 25.2 Å². The van der Waals surface area contributed by atoms with E-state index in [4.69, 9.17) is 9.47 Å². The van der Waals surface area contributed by atoms with Gasteiger partial charge in [-0.05, 0) is 0 Å². The number of carbonyl (C=O) groups excluding carboxylic acids is 1.